The Morgan fingerprint density at radius 2 is 1.63 bits per heavy atom. The standard InChI is InChI=1S/C24H24O3/c1-16-13-17(2)18(3)23(14-16)27-21-11-9-19(10-12-21)15-22(24(25)26)20-7-5-4-6-8-20/h4-14,22H,15H2,1-3H3,(H,25,26). The average Bonchev–Trinajstić information content (AvgIpc) is 2.65. The van der Waals surface area contributed by atoms with Gasteiger partial charge < -0.3 is 9.84 Å². The van der Waals surface area contributed by atoms with Crippen LogP contribution in [0.4, 0.5) is 0 Å². The van der Waals surface area contributed by atoms with Crippen molar-refractivity contribution in [2.75, 3.05) is 0 Å². The van der Waals surface area contributed by atoms with Crippen LogP contribution in [0.2, 0.25) is 0 Å². The molecule has 3 nitrogen and oxygen atoms in total. The molecule has 1 unspecified atom stereocenters. The minimum absolute atomic E-state index is 0.447. The Labute approximate surface area is 160 Å². The molecule has 0 amide bonds. The molecule has 3 heteroatoms. The van der Waals surface area contributed by atoms with E-state index < -0.39 is 11.9 Å². The molecule has 0 fully saturated rings. The van der Waals surface area contributed by atoms with Crippen LogP contribution < -0.4 is 4.74 Å². The Morgan fingerprint density at radius 1 is 0.963 bits per heavy atom. The van der Waals surface area contributed by atoms with E-state index in [1.54, 1.807) is 0 Å². The summed E-state index contributed by atoms with van der Waals surface area (Å²) in [5.74, 6) is 0.235. The predicted octanol–water partition coefficient (Wildman–Crippen LogP) is 5.82. The van der Waals surface area contributed by atoms with Crippen LogP contribution in [0.1, 0.15) is 33.7 Å². The minimum Gasteiger partial charge on any atom is -0.481 e. The third kappa shape index (κ3) is 4.56. The first-order valence-corrected chi connectivity index (χ1v) is 9.06. The van der Waals surface area contributed by atoms with Gasteiger partial charge in [-0.3, -0.25) is 4.79 Å². The Kier molecular flexibility index (Phi) is 5.60. The summed E-state index contributed by atoms with van der Waals surface area (Å²) in [5, 5.41) is 9.60. The number of carboxylic acids is 1. The van der Waals surface area contributed by atoms with Gasteiger partial charge in [-0.25, -0.2) is 0 Å². The van der Waals surface area contributed by atoms with Gasteiger partial charge in [0.2, 0.25) is 0 Å². The van der Waals surface area contributed by atoms with E-state index in [2.05, 4.69) is 26.8 Å². The lowest BCUT2D eigenvalue weighted by Crippen LogP contribution is -2.14. The molecule has 0 spiro atoms. The second-order valence-electron chi connectivity index (χ2n) is 6.96. The van der Waals surface area contributed by atoms with Crippen molar-refractivity contribution in [3.05, 3.63) is 94.5 Å². The fourth-order valence-electron chi connectivity index (χ4n) is 3.20. The first-order valence-electron chi connectivity index (χ1n) is 9.06. The first-order chi connectivity index (χ1) is 12.9. The zero-order valence-electron chi connectivity index (χ0n) is 15.9. The molecule has 0 aliphatic rings. The van der Waals surface area contributed by atoms with E-state index in [1.807, 2.05) is 60.7 Å². The molecule has 27 heavy (non-hydrogen) atoms. The van der Waals surface area contributed by atoms with Gasteiger partial charge in [0, 0.05) is 0 Å². The number of aryl methyl sites for hydroxylation is 2. The highest BCUT2D eigenvalue weighted by molar-refractivity contribution is 5.76. The molecule has 0 radical (unpaired) electrons. The number of carbonyl (C=O) groups is 1. The molecule has 0 aliphatic carbocycles. The zero-order chi connectivity index (χ0) is 19.4. The third-order valence-corrected chi connectivity index (χ3v) is 4.86. The van der Waals surface area contributed by atoms with Crippen molar-refractivity contribution in [2.45, 2.75) is 33.1 Å². The molecular formula is C24H24O3. The van der Waals surface area contributed by atoms with Crippen molar-refractivity contribution in [1.82, 2.24) is 0 Å². The van der Waals surface area contributed by atoms with Crippen molar-refractivity contribution >= 4 is 5.97 Å². The highest BCUT2D eigenvalue weighted by atomic mass is 16.5. The summed E-state index contributed by atoms with van der Waals surface area (Å²) < 4.78 is 6.05. The maximum atomic E-state index is 11.7. The van der Waals surface area contributed by atoms with Gasteiger partial charge in [0.05, 0.1) is 5.92 Å². The van der Waals surface area contributed by atoms with Crippen LogP contribution in [-0.2, 0) is 11.2 Å². The SMILES string of the molecule is Cc1cc(C)c(C)c(Oc2ccc(CC(C(=O)O)c3ccccc3)cc2)c1. The summed E-state index contributed by atoms with van der Waals surface area (Å²) in [5.41, 5.74) is 5.28. The summed E-state index contributed by atoms with van der Waals surface area (Å²) in [6.07, 6.45) is 0.447. The van der Waals surface area contributed by atoms with E-state index in [0.29, 0.717) is 6.42 Å². The monoisotopic (exact) mass is 360 g/mol. The molecule has 0 saturated carbocycles. The highest BCUT2D eigenvalue weighted by Crippen LogP contribution is 2.29. The second kappa shape index (κ2) is 8.09. The largest absolute Gasteiger partial charge is 0.481 e. The maximum absolute atomic E-state index is 11.7. The third-order valence-electron chi connectivity index (χ3n) is 4.86. The number of benzene rings is 3. The van der Waals surface area contributed by atoms with E-state index in [1.165, 1.54) is 5.56 Å². The Hall–Kier alpha value is -3.07. The molecule has 0 aromatic heterocycles. The van der Waals surface area contributed by atoms with E-state index in [4.69, 9.17) is 4.74 Å². The van der Waals surface area contributed by atoms with Gasteiger partial charge in [-0.2, -0.15) is 0 Å². The lowest BCUT2D eigenvalue weighted by atomic mass is 9.92. The maximum Gasteiger partial charge on any atom is 0.311 e. The molecule has 1 N–H and O–H groups in total. The number of aliphatic carboxylic acids is 1. The summed E-state index contributed by atoms with van der Waals surface area (Å²) in [4.78, 5) is 11.7. The van der Waals surface area contributed by atoms with Crippen molar-refractivity contribution < 1.29 is 14.6 Å². The summed E-state index contributed by atoms with van der Waals surface area (Å²) in [6, 6.07) is 21.2. The van der Waals surface area contributed by atoms with Gasteiger partial charge >= 0.3 is 5.97 Å². The lowest BCUT2D eigenvalue weighted by Gasteiger charge is -2.14. The zero-order valence-corrected chi connectivity index (χ0v) is 15.9. The first kappa shape index (κ1) is 18.7. The molecule has 3 aromatic rings. The van der Waals surface area contributed by atoms with Crippen LogP contribution in [0.15, 0.2) is 66.7 Å². The molecule has 0 heterocycles. The van der Waals surface area contributed by atoms with Gasteiger partial charge in [-0.05, 0) is 73.2 Å². The average molecular weight is 360 g/mol. The van der Waals surface area contributed by atoms with E-state index in [-0.39, 0.29) is 0 Å². The Morgan fingerprint density at radius 3 is 2.26 bits per heavy atom. The van der Waals surface area contributed by atoms with E-state index in [0.717, 1.165) is 33.8 Å². The van der Waals surface area contributed by atoms with Crippen molar-refractivity contribution in [1.29, 1.82) is 0 Å². The van der Waals surface area contributed by atoms with Gasteiger partial charge in [0.1, 0.15) is 11.5 Å². The van der Waals surface area contributed by atoms with Gasteiger partial charge in [-0.1, -0.05) is 48.5 Å². The van der Waals surface area contributed by atoms with Crippen LogP contribution in [0.3, 0.4) is 0 Å². The van der Waals surface area contributed by atoms with Crippen LogP contribution in [0.25, 0.3) is 0 Å². The van der Waals surface area contributed by atoms with Crippen molar-refractivity contribution in [3.8, 4) is 11.5 Å². The second-order valence-corrected chi connectivity index (χ2v) is 6.96. The molecular weight excluding hydrogens is 336 g/mol. The molecule has 3 rings (SSSR count). The topological polar surface area (TPSA) is 46.5 Å². The molecule has 0 aliphatic heterocycles. The summed E-state index contributed by atoms with van der Waals surface area (Å²) >= 11 is 0. The number of hydrogen-bond donors (Lipinski definition) is 1. The fourth-order valence-corrected chi connectivity index (χ4v) is 3.20. The van der Waals surface area contributed by atoms with Crippen LogP contribution in [0, 0.1) is 20.8 Å². The number of rotatable bonds is 6. The quantitative estimate of drug-likeness (QED) is 0.603. The van der Waals surface area contributed by atoms with Crippen LogP contribution in [-0.4, -0.2) is 11.1 Å². The van der Waals surface area contributed by atoms with E-state index >= 15 is 0 Å². The van der Waals surface area contributed by atoms with Crippen molar-refractivity contribution in [3.63, 3.8) is 0 Å². The number of carboxylic acid groups (broad SMARTS) is 1. The predicted molar refractivity (Wildman–Crippen MR) is 108 cm³/mol. The van der Waals surface area contributed by atoms with E-state index in [9.17, 15) is 9.90 Å². The van der Waals surface area contributed by atoms with Gasteiger partial charge in [-0.15, -0.1) is 0 Å². The molecule has 138 valence electrons. The normalized spacial score (nSPS) is 11.8. The van der Waals surface area contributed by atoms with Crippen LogP contribution >= 0.6 is 0 Å². The fraction of sp³-hybridized carbons (Fsp3) is 0.208. The molecule has 0 saturated heterocycles. The number of ether oxygens (including phenoxy) is 1. The van der Waals surface area contributed by atoms with Crippen molar-refractivity contribution in [2.24, 2.45) is 0 Å². The minimum atomic E-state index is -0.813. The Balaban J connectivity index is 1.76. The highest BCUT2D eigenvalue weighted by Gasteiger charge is 2.20. The molecule has 0 bridgehead atoms. The Bertz CT molecular complexity index is 928. The van der Waals surface area contributed by atoms with Gasteiger partial charge in [0.15, 0.2) is 0 Å². The lowest BCUT2D eigenvalue weighted by molar-refractivity contribution is -0.138. The summed E-state index contributed by atoms with van der Waals surface area (Å²) in [7, 11) is 0. The summed E-state index contributed by atoms with van der Waals surface area (Å²) in [6.45, 7) is 6.18. The van der Waals surface area contributed by atoms with Crippen LogP contribution in [0.5, 0.6) is 11.5 Å². The number of hydrogen-bond acceptors (Lipinski definition) is 2. The smallest absolute Gasteiger partial charge is 0.311 e. The molecule has 3 aromatic carbocycles. The molecule has 1 atom stereocenters. The van der Waals surface area contributed by atoms with Gasteiger partial charge in [0.25, 0.3) is 0 Å².